The summed E-state index contributed by atoms with van der Waals surface area (Å²) in [6, 6.07) is 8.21. The van der Waals surface area contributed by atoms with E-state index in [1.54, 1.807) is 7.11 Å². The van der Waals surface area contributed by atoms with Gasteiger partial charge in [0.15, 0.2) is 0 Å². The Morgan fingerprint density at radius 2 is 2.29 bits per heavy atom. The lowest BCUT2D eigenvalue weighted by Crippen LogP contribution is -2.41. The van der Waals surface area contributed by atoms with Crippen molar-refractivity contribution in [2.45, 2.75) is 45.2 Å². The number of nitrogens with one attached hydrogen (secondary N) is 1. The van der Waals surface area contributed by atoms with Gasteiger partial charge in [-0.3, -0.25) is 4.79 Å². The molecule has 24 heavy (non-hydrogen) atoms. The zero-order valence-electron chi connectivity index (χ0n) is 14.4. The number of carbonyl (C=O) groups excluding carboxylic acids is 1. The van der Waals surface area contributed by atoms with Gasteiger partial charge in [0.1, 0.15) is 11.6 Å². The highest BCUT2D eigenvalue weighted by atomic mass is 16.5. The SMILES string of the molecule is COc1ccccc1C[C@@H](C)CC(=O)N[C@@H]1CCc2nccn2C1. The van der Waals surface area contributed by atoms with E-state index in [4.69, 9.17) is 4.74 Å². The van der Waals surface area contributed by atoms with Crippen molar-refractivity contribution in [2.75, 3.05) is 7.11 Å². The van der Waals surface area contributed by atoms with Crippen LogP contribution in [0.15, 0.2) is 36.7 Å². The van der Waals surface area contributed by atoms with Crippen molar-refractivity contribution in [1.29, 1.82) is 0 Å². The van der Waals surface area contributed by atoms with Crippen molar-refractivity contribution >= 4 is 5.91 Å². The molecular formula is C19H25N3O2. The number of benzene rings is 1. The van der Waals surface area contributed by atoms with E-state index < -0.39 is 0 Å². The van der Waals surface area contributed by atoms with Crippen molar-refractivity contribution in [2.24, 2.45) is 5.92 Å². The molecule has 1 aliphatic heterocycles. The second kappa shape index (κ2) is 7.51. The molecule has 2 aromatic rings. The third kappa shape index (κ3) is 3.96. The number of carbonyl (C=O) groups is 1. The third-order valence-electron chi connectivity index (χ3n) is 4.60. The molecule has 0 unspecified atom stereocenters. The summed E-state index contributed by atoms with van der Waals surface area (Å²) in [7, 11) is 1.68. The molecule has 5 heteroatoms. The van der Waals surface area contributed by atoms with Crippen molar-refractivity contribution in [3.63, 3.8) is 0 Å². The largest absolute Gasteiger partial charge is 0.496 e. The number of rotatable bonds is 6. The Kier molecular flexibility index (Phi) is 5.18. The predicted octanol–water partition coefficient (Wildman–Crippen LogP) is 2.59. The Hall–Kier alpha value is -2.30. The van der Waals surface area contributed by atoms with Crippen LogP contribution in [-0.2, 0) is 24.2 Å². The predicted molar refractivity (Wildman–Crippen MR) is 93.0 cm³/mol. The molecule has 3 rings (SSSR count). The van der Waals surface area contributed by atoms with E-state index >= 15 is 0 Å². The number of fused-ring (bicyclic) bond motifs is 1. The molecule has 2 heterocycles. The minimum Gasteiger partial charge on any atom is -0.496 e. The maximum Gasteiger partial charge on any atom is 0.220 e. The topological polar surface area (TPSA) is 56.1 Å². The Morgan fingerprint density at radius 1 is 1.46 bits per heavy atom. The Balaban J connectivity index is 1.50. The van der Waals surface area contributed by atoms with Gasteiger partial charge in [-0.1, -0.05) is 25.1 Å². The first kappa shape index (κ1) is 16.6. The van der Waals surface area contributed by atoms with E-state index in [0.717, 1.165) is 42.9 Å². The summed E-state index contributed by atoms with van der Waals surface area (Å²) in [4.78, 5) is 16.7. The smallest absolute Gasteiger partial charge is 0.220 e. The fraction of sp³-hybridized carbons (Fsp3) is 0.474. The fourth-order valence-electron chi connectivity index (χ4n) is 3.41. The van der Waals surface area contributed by atoms with E-state index in [1.807, 2.05) is 30.6 Å². The summed E-state index contributed by atoms with van der Waals surface area (Å²) in [5.74, 6) is 2.41. The summed E-state index contributed by atoms with van der Waals surface area (Å²) in [5.41, 5.74) is 1.15. The van der Waals surface area contributed by atoms with Crippen molar-refractivity contribution in [3.05, 3.63) is 48.0 Å². The quantitative estimate of drug-likeness (QED) is 0.887. The standard InChI is InChI=1S/C19H25N3O2/c1-14(11-15-5-3-4-6-17(15)24-2)12-19(23)21-16-7-8-18-20-9-10-22(18)13-16/h3-6,9-10,14,16H,7-8,11-13H2,1-2H3,(H,21,23)/t14-,16-/m1/s1. The number of nitrogens with zero attached hydrogens (tertiary/aromatic N) is 2. The number of imidazole rings is 1. The minimum atomic E-state index is 0.131. The maximum absolute atomic E-state index is 12.3. The number of para-hydroxylation sites is 1. The molecule has 0 saturated carbocycles. The van der Waals surface area contributed by atoms with Gasteiger partial charge in [-0.25, -0.2) is 4.98 Å². The van der Waals surface area contributed by atoms with E-state index in [1.165, 1.54) is 0 Å². The molecule has 0 bridgehead atoms. The third-order valence-corrected chi connectivity index (χ3v) is 4.60. The van der Waals surface area contributed by atoms with E-state index in [9.17, 15) is 4.79 Å². The maximum atomic E-state index is 12.3. The summed E-state index contributed by atoms with van der Waals surface area (Å²) >= 11 is 0. The first-order valence-electron chi connectivity index (χ1n) is 8.57. The van der Waals surface area contributed by atoms with Crippen LogP contribution in [0.3, 0.4) is 0 Å². The molecule has 1 aliphatic rings. The molecule has 1 aromatic carbocycles. The lowest BCUT2D eigenvalue weighted by molar-refractivity contribution is -0.122. The molecule has 1 aromatic heterocycles. The van der Waals surface area contributed by atoms with Gasteiger partial charge in [0.05, 0.1) is 7.11 Å². The molecule has 0 radical (unpaired) electrons. The number of hydrogen-bond acceptors (Lipinski definition) is 3. The highest BCUT2D eigenvalue weighted by Crippen LogP contribution is 2.22. The zero-order chi connectivity index (χ0) is 16.9. The van der Waals surface area contributed by atoms with Crippen LogP contribution in [0.25, 0.3) is 0 Å². The van der Waals surface area contributed by atoms with Gasteiger partial charge in [-0.05, 0) is 30.4 Å². The number of aryl methyl sites for hydroxylation is 1. The first-order valence-corrected chi connectivity index (χ1v) is 8.57. The first-order chi connectivity index (χ1) is 11.7. The molecule has 0 spiro atoms. The van der Waals surface area contributed by atoms with Gasteiger partial charge >= 0.3 is 0 Å². The molecular weight excluding hydrogens is 302 g/mol. The number of amides is 1. The van der Waals surface area contributed by atoms with Crippen LogP contribution in [0.1, 0.15) is 31.2 Å². The Bertz CT molecular complexity index is 695. The minimum absolute atomic E-state index is 0.131. The van der Waals surface area contributed by atoms with Crippen molar-refractivity contribution < 1.29 is 9.53 Å². The second-order valence-electron chi connectivity index (χ2n) is 6.62. The highest BCUT2D eigenvalue weighted by molar-refractivity contribution is 5.76. The Morgan fingerprint density at radius 3 is 3.12 bits per heavy atom. The molecule has 2 atom stereocenters. The molecule has 1 N–H and O–H groups in total. The van der Waals surface area contributed by atoms with Crippen LogP contribution in [0.2, 0.25) is 0 Å². The normalized spacial score (nSPS) is 17.8. The van der Waals surface area contributed by atoms with Crippen molar-refractivity contribution in [3.8, 4) is 5.75 Å². The number of hydrogen-bond donors (Lipinski definition) is 1. The average Bonchev–Trinajstić information content (AvgIpc) is 3.02. The number of methoxy groups -OCH3 is 1. The molecule has 0 saturated heterocycles. The number of aromatic nitrogens is 2. The van der Waals surface area contributed by atoms with Gasteiger partial charge in [0.2, 0.25) is 5.91 Å². The summed E-state index contributed by atoms with van der Waals surface area (Å²) in [6.07, 6.45) is 7.07. The molecule has 5 nitrogen and oxygen atoms in total. The lowest BCUT2D eigenvalue weighted by atomic mass is 9.96. The monoisotopic (exact) mass is 327 g/mol. The van der Waals surface area contributed by atoms with Gasteiger partial charge < -0.3 is 14.6 Å². The summed E-state index contributed by atoms with van der Waals surface area (Å²) in [5, 5.41) is 3.18. The van der Waals surface area contributed by atoms with E-state index in [-0.39, 0.29) is 17.9 Å². The van der Waals surface area contributed by atoms with Crippen LogP contribution >= 0.6 is 0 Å². The molecule has 0 fully saturated rings. The highest BCUT2D eigenvalue weighted by Gasteiger charge is 2.21. The van der Waals surface area contributed by atoms with E-state index in [2.05, 4.69) is 27.9 Å². The molecule has 1 amide bonds. The van der Waals surface area contributed by atoms with Gasteiger partial charge in [-0.2, -0.15) is 0 Å². The van der Waals surface area contributed by atoms with Crippen molar-refractivity contribution in [1.82, 2.24) is 14.9 Å². The number of ether oxygens (including phenoxy) is 1. The van der Waals surface area contributed by atoms with Gasteiger partial charge in [-0.15, -0.1) is 0 Å². The van der Waals surface area contributed by atoms with Crippen LogP contribution in [0, 0.1) is 5.92 Å². The van der Waals surface area contributed by atoms with Crippen LogP contribution in [0.4, 0.5) is 0 Å². The van der Waals surface area contributed by atoms with E-state index in [0.29, 0.717) is 6.42 Å². The van der Waals surface area contributed by atoms with Gasteiger partial charge in [0.25, 0.3) is 0 Å². The summed E-state index contributed by atoms with van der Waals surface area (Å²) in [6.45, 7) is 2.93. The fourth-order valence-corrected chi connectivity index (χ4v) is 3.41. The Labute approximate surface area is 143 Å². The zero-order valence-corrected chi connectivity index (χ0v) is 14.4. The van der Waals surface area contributed by atoms with Crippen LogP contribution in [-0.4, -0.2) is 28.6 Å². The van der Waals surface area contributed by atoms with Gasteiger partial charge in [0, 0.05) is 37.8 Å². The average molecular weight is 327 g/mol. The lowest BCUT2D eigenvalue weighted by Gasteiger charge is -2.25. The molecule has 0 aliphatic carbocycles. The molecule has 128 valence electrons. The second-order valence-corrected chi connectivity index (χ2v) is 6.62. The summed E-state index contributed by atoms with van der Waals surface area (Å²) < 4.78 is 7.52. The van der Waals surface area contributed by atoms with Crippen LogP contribution in [0.5, 0.6) is 5.75 Å². The van der Waals surface area contributed by atoms with Crippen LogP contribution < -0.4 is 10.1 Å².